The van der Waals surface area contributed by atoms with Crippen LogP contribution in [0, 0.1) is 5.92 Å². The van der Waals surface area contributed by atoms with Crippen molar-refractivity contribution in [3.8, 4) is 17.2 Å². The quantitative estimate of drug-likeness (QED) is 0.776. The van der Waals surface area contributed by atoms with Gasteiger partial charge in [-0.1, -0.05) is 6.42 Å². The summed E-state index contributed by atoms with van der Waals surface area (Å²) < 4.78 is 16.0. The largest absolute Gasteiger partial charge is 0.493 e. The number of benzene rings is 1. The second-order valence-electron chi connectivity index (χ2n) is 5.67. The van der Waals surface area contributed by atoms with Crippen molar-refractivity contribution in [3.63, 3.8) is 0 Å². The lowest BCUT2D eigenvalue weighted by Gasteiger charge is -2.29. The topological polar surface area (TPSA) is 48.0 Å². The first-order valence-electron chi connectivity index (χ1n) is 7.64. The zero-order valence-electron chi connectivity index (χ0n) is 13.8. The van der Waals surface area contributed by atoms with Crippen LogP contribution in [0.15, 0.2) is 12.1 Å². The number of nitrogens with zero attached hydrogens (tertiary/aromatic N) is 1. The van der Waals surface area contributed by atoms with Crippen molar-refractivity contribution >= 4 is 5.91 Å². The van der Waals surface area contributed by atoms with Gasteiger partial charge in [-0.3, -0.25) is 4.79 Å². The molecule has 5 heteroatoms. The normalized spacial score (nSPS) is 14.2. The fourth-order valence-electron chi connectivity index (χ4n) is 2.65. The maximum Gasteiger partial charge on any atom is 0.225 e. The minimum absolute atomic E-state index is 0.241. The Morgan fingerprint density at radius 2 is 1.73 bits per heavy atom. The predicted octanol–water partition coefficient (Wildman–Crippen LogP) is 2.51. The molecule has 0 N–H and O–H groups in total. The third kappa shape index (κ3) is 3.46. The van der Waals surface area contributed by atoms with Gasteiger partial charge in [0.1, 0.15) is 0 Å². The molecule has 1 aliphatic carbocycles. The third-order valence-corrected chi connectivity index (χ3v) is 4.29. The Morgan fingerprint density at radius 3 is 2.14 bits per heavy atom. The van der Waals surface area contributed by atoms with Crippen LogP contribution in [0.5, 0.6) is 17.2 Å². The van der Waals surface area contributed by atoms with Crippen molar-refractivity contribution in [1.82, 2.24) is 4.90 Å². The molecule has 0 atom stereocenters. The molecule has 1 saturated carbocycles. The molecule has 0 spiro atoms. The zero-order valence-corrected chi connectivity index (χ0v) is 13.8. The fraction of sp³-hybridized carbons (Fsp3) is 0.588. The second kappa shape index (κ2) is 7.38. The lowest BCUT2D eigenvalue weighted by Crippen LogP contribution is -2.37. The van der Waals surface area contributed by atoms with Gasteiger partial charge in [-0.25, -0.2) is 0 Å². The number of rotatable bonds is 7. The van der Waals surface area contributed by atoms with E-state index in [4.69, 9.17) is 14.2 Å². The Balaban J connectivity index is 2.04. The molecule has 1 aliphatic rings. The first kappa shape index (κ1) is 16.5. The van der Waals surface area contributed by atoms with E-state index in [1.165, 1.54) is 6.42 Å². The molecular formula is C17H25NO4. The Labute approximate surface area is 132 Å². The molecule has 22 heavy (non-hydrogen) atoms. The predicted molar refractivity (Wildman–Crippen MR) is 84.8 cm³/mol. The van der Waals surface area contributed by atoms with Crippen LogP contribution in [0.1, 0.15) is 24.8 Å². The molecule has 1 aromatic rings. The average molecular weight is 307 g/mol. The number of hydrogen-bond donors (Lipinski definition) is 0. The summed E-state index contributed by atoms with van der Waals surface area (Å²) in [6.45, 7) is 0.688. The molecule has 0 aromatic heterocycles. The van der Waals surface area contributed by atoms with Crippen LogP contribution in [0.4, 0.5) is 0 Å². The van der Waals surface area contributed by atoms with Gasteiger partial charge in [-0.2, -0.15) is 0 Å². The highest BCUT2D eigenvalue weighted by atomic mass is 16.5. The van der Waals surface area contributed by atoms with Crippen molar-refractivity contribution in [2.45, 2.75) is 25.7 Å². The molecule has 0 aliphatic heterocycles. The Kier molecular flexibility index (Phi) is 5.52. The van der Waals surface area contributed by atoms with E-state index in [2.05, 4.69) is 0 Å². The van der Waals surface area contributed by atoms with Crippen LogP contribution in [-0.4, -0.2) is 45.7 Å². The lowest BCUT2D eigenvalue weighted by molar-refractivity contribution is -0.136. The van der Waals surface area contributed by atoms with Crippen molar-refractivity contribution in [3.05, 3.63) is 17.7 Å². The molecule has 0 bridgehead atoms. The third-order valence-electron chi connectivity index (χ3n) is 4.29. The Morgan fingerprint density at radius 1 is 1.14 bits per heavy atom. The highest BCUT2D eigenvalue weighted by Crippen LogP contribution is 2.38. The minimum atomic E-state index is 0.241. The second-order valence-corrected chi connectivity index (χ2v) is 5.67. The maximum atomic E-state index is 12.1. The highest BCUT2D eigenvalue weighted by Gasteiger charge is 2.27. The van der Waals surface area contributed by atoms with Gasteiger partial charge < -0.3 is 19.1 Å². The molecular weight excluding hydrogens is 282 g/mol. The molecule has 2 rings (SSSR count). The van der Waals surface area contributed by atoms with E-state index in [1.54, 1.807) is 21.3 Å². The van der Waals surface area contributed by atoms with E-state index >= 15 is 0 Å². The number of amides is 1. The molecule has 1 amide bonds. The van der Waals surface area contributed by atoms with Crippen molar-refractivity contribution in [2.75, 3.05) is 34.9 Å². The van der Waals surface area contributed by atoms with Crippen molar-refractivity contribution < 1.29 is 19.0 Å². The summed E-state index contributed by atoms with van der Waals surface area (Å²) in [5.74, 6) is 2.38. The smallest absolute Gasteiger partial charge is 0.225 e. The molecule has 122 valence electrons. The van der Waals surface area contributed by atoms with E-state index in [0.29, 0.717) is 23.8 Å². The van der Waals surface area contributed by atoms with Gasteiger partial charge in [0.25, 0.3) is 0 Å². The van der Waals surface area contributed by atoms with Crippen LogP contribution in [0.2, 0.25) is 0 Å². The zero-order chi connectivity index (χ0) is 16.1. The number of methoxy groups -OCH3 is 3. The summed E-state index contributed by atoms with van der Waals surface area (Å²) in [5.41, 5.74) is 1.06. The van der Waals surface area contributed by atoms with Crippen molar-refractivity contribution in [1.29, 1.82) is 0 Å². The van der Waals surface area contributed by atoms with Crippen LogP contribution in [-0.2, 0) is 11.2 Å². The summed E-state index contributed by atoms with van der Waals surface area (Å²) in [6, 6.07) is 3.87. The molecule has 0 saturated heterocycles. The van der Waals surface area contributed by atoms with Crippen LogP contribution in [0.25, 0.3) is 0 Å². The van der Waals surface area contributed by atoms with Crippen LogP contribution >= 0.6 is 0 Å². The number of hydrogen-bond acceptors (Lipinski definition) is 4. The van der Waals surface area contributed by atoms with Crippen molar-refractivity contribution in [2.24, 2.45) is 5.92 Å². The summed E-state index contributed by atoms with van der Waals surface area (Å²) in [6.07, 6.45) is 4.00. The average Bonchev–Trinajstić information content (AvgIpc) is 2.49. The summed E-state index contributed by atoms with van der Waals surface area (Å²) in [7, 11) is 6.67. The first-order valence-corrected chi connectivity index (χ1v) is 7.64. The minimum Gasteiger partial charge on any atom is -0.493 e. The molecule has 5 nitrogen and oxygen atoms in total. The van der Waals surface area contributed by atoms with Gasteiger partial charge in [-0.05, 0) is 37.0 Å². The van der Waals surface area contributed by atoms with E-state index in [-0.39, 0.29) is 11.8 Å². The first-order chi connectivity index (χ1) is 10.6. The van der Waals surface area contributed by atoms with E-state index in [9.17, 15) is 4.79 Å². The number of ether oxygens (including phenoxy) is 3. The lowest BCUT2D eigenvalue weighted by atomic mass is 9.84. The summed E-state index contributed by atoms with van der Waals surface area (Å²) in [4.78, 5) is 14.0. The van der Waals surface area contributed by atoms with E-state index in [0.717, 1.165) is 24.8 Å². The Hall–Kier alpha value is -1.91. The monoisotopic (exact) mass is 307 g/mol. The highest BCUT2D eigenvalue weighted by molar-refractivity contribution is 5.79. The summed E-state index contributed by atoms with van der Waals surface area (Å²) >= 11 is 0. The molecule has 1 aromatic carbocycles. The molecule has 0 unspecified atom stereocenters. The van der Waals surface area contributed by atoms with Gasteiger partial charge >= 0.3 is 0 Å². The number of carbonyl (C=O) groups excluding carboxylic acids is 1. The van der Waals surface area contributed by atoms with Gasteiger partial charge in [0.05, 0.1) is 21.3 Å². The number of likely N-dealkylation sites (N-methyl/N-ethyl adjacent to an activating group) is 1. The van der Waals surface area contributed by atoms with E-state index in [1.807, 2.05) is 24.1 Å². The van der Waals surface area contributed by atoms with Crippen LogP contribution in [0.3, 0.4) is 0 Å². The fourth-order valence-corrected chi connectivity index (χ4v) is 2.65. The van der Waals surface area contributed by atoms with Crippen LogP contribution < -0.4 is 14.2 Å². The van der Waals surface area contributed by atoms with Gasteiger partial charge in [-0.15, -0.1) is 0 Å². The summed E-state index contributed by atoms with van der Waals surface area (Å²) in [5, 5.41) is 0. The van der Waals surface area contributed by atoms with E-state index < -0.39 is 0 Å². The molecule has 1 fully saturated rings. The maximum absolute atomic E-state index is 12.1. The molecule has 0 heterocycles. The van der Waals surface area contributed by atoms with Gasteiger partial charge in [0.2, 0.25) is 11.7 Å². The standard InChI is InChI=1S/C17H25NO4/c1-18(17(19)13-6-5-7-13)9-8-12-10-14(20-2)16(22-4)15(11-12)21-3/h10-11,13H,5-9H2,1-4H3. The van der Waals surface area contributed by atoms with Gasteiger partial charge in [0.15, 0.2) is 11.5 Å². The van der Waals surface area contributed by atoms with Gasteiger partial charge in [0, 0.05) is 19.5 Å². The number of carbonyl (C=O) groups is 1. The molecule has 0 radical (unpaired) electrons. The SMILES string of the molecule is COc1cc(CCN(C)C(=O)C2CCC2)cc(OC)c1OC. The Bertz CT molecular complexity index is 500.